The quantitative estimate of drug-likeness (QED) is 0.882. The molecule has 0 spiro atoms. The number of carbonyl (C=O) groups excluding carboxylic acids is 2. The highest BCUT2D eigenvalue weighted by Gasteiger charge is 2.46. The van der Waals surface area contributed by atoms with Crippen LogP contribution in [0.1, 0.15) is 44.1 Å². The van der Waals surface area contributed by atoms with Crippen molar-refractivity contribution in [3.63, 3.8) is 0 Å². The summed E-state index contributed by atoms with van der Waals surface area (Å²) >= 11 is 11.9. The Labute approximate surface area is 152 Å². The summed E-state index contributed by atoms with van der Waals surface area (Å²) in [7, 11) is 0. The molecule has 6 heteroatoms. The number of likely N-dealkylation sites (tertiary alicyclic amines) is 1. The lowest BCUT2D eigenvalue weighted by Gasteiger charge is -2.33. The van der Waals surface area contributed by atoms with Gasteiger partial charge in [0.2, 0.25) is 11.8 Å². The van der Waals surface area contributed by atoms with Crippen LogP contribution in [-0.4, -0.2) is 28.8 Å². The maximum absolute atomic E-state index is 12.8. The van der Waals surface area contributed by atoms with E-state index in [-0.39, 0.29) is 17.9 Å². The Bertz CT molecular complexity index is 650. The van der Waals surface area contributed by atoms with Gasteiger partial charge in [-0.25, -0.2) is 0 Å². The van der Waals surface area contributed by atoms with Crippen molar-refractivity contribution in [2.24, 2.45) is 11.7 Å². The maximum Gasteiger partial charge on any atom is 0.240 e. The van der Waals surface area contributed by atoms with Crippen molar-refractivity contribution >= 4 is 35.0 Å². The van der Waals surface area contributed by atoms with Crippen LogP contribution in [0.2, 0.25) is 10.0 Å². The highest BCUT2D eigenvalue weighted by Crippen LogP contribution is 2.40. The Morgan fingerprint density at radius 3 is 2.62 bits per heavy atom. The van der Waals surface area contributed by atoms with Crippen LogP contribution in [0.3, 0.4) is 0 Å². The lowest BCUT2D eigenvalue weighted by Crippen LogP contribution is -2.48. The van der Waals surface area contributed by atoms with Gasteiger partial charge in [0.15, 0.2) is 0 Å². The summed E-state index contributed by atoms with van der Waals surface area (Å²) < 4.78 is 0. The van der Waals surface area contributed by atoms with E-state index < -0.39 is 6.04 Å². The molecule has 130 valence electrons. The smallest absolute Gasteiger partial charge is 0.240 e. The summed E-state index contributed by atoms with van der Waals surface area (Å²) in [6.07, 6.45) is 6.01. The number of halogens is 2. The normalized spacial score (nSPS) is 26.2. The van der Waals surface area contributed by atoms with Crippen molar-refractivity contribution in [3.05, 3.63) is 33.8 Å². The Hall–Kier alpha value is -1.26. The van der Waals surface area contributed by atoms with Gasteiger partial charge in [0.1, 0.15) is 6.04 Å². The van der Waals surface area contributed by atoms with Crippen molar-refractivity contribution in [3.8, 4) is 0 Å². The summed E-state index contributed by atoms with van der Waals surface area (Å²) in [6.45, 7) is 0. The fraction of sp³-hybridized carbons (Fsp3) is 0.556. The van der Waals surface area contributed by atoms with Crippen molar-refractivity contribution in [1.82, 2.24) is 4.90 Å². The number of rotatable bonds is 4. The molecule has 2 amide bonds. The first-order valence-electron chi connectivity index (χ1n) is 8.52. The molecule has 0 radical (unpaired) electrons. The molecule has 24 heavy (non-hydrogen) atoms. The molecule has 1 aliphatic heterocycles. The lowest BCUT2D eigenvalue weighted by atomic mass is 9.84. The van der Waals surface area contributed by atoms with E-state index in [1.807, 2.05) is 6.07 Å². The van der Waals surface area contributed by atoms with Crippen LogP contribution >= 0.6 is 23.2 Å². The zero-order valence-corrected chi connectivity index (χ0v) is 15.0. The molecule has 1 saturated heterocycles. The molecular weight excluding hydrogens is 347 g/mol. The van der Waals surface area contributed by atoms with Gasteiger partial charge in [0.05, 0.1) is 10.0 Å². The van der Waals surface area contributed by atoms with E-state index in [9.17, 15) is 9.59 Å². The molecule has 4 nitrogen and oxygen atoms in total. The molecule has 1 saturated carbocycles. The number of nitrogens with zero attached hydrogens (tertiary/aromatic N) is 1. The molecule has 3 atom stereocenters. The number of fused-ring (bicyclic) bond motifs is 1. The van der Waals surface area contributed by atoms with Gasteiger partial charge < -0.3 is 10.6 Å². The summed E-state index contributed by atoms with van der Waals surface area (Å²) in [6, 6.07) is 5.14. The molecule has 2 fully saturated rings. The first-order chi connectivity index (χ1) is 11.5. The number of carbonyl (C=O) groups is 2. The highest BCUT2D eigenvalue weighted by molar-refractivity contribution is 6.42. The molecule has 3 rings (SSSR count). The zero-order chi connectivity index (χ0) is 17.3. The van der Waals surface area contributed by atoms with Crippen molar-refractivity contribution in [1.29, 1.82) is 0 Å². The topological polar surface area (TPSA) is 63.4 Å². The number of benzene rings is 1. The van der Waals surface area contributed by atoms with Gasteiger partial charge in [-0.15, -0.1) is 0 Å². The number of primary amides is 1. The van der Waals surface area contributed by atoms with Crippen LogP contribution in [-0.2, 0) is 16.0 Å². The predicted octanol–water partition coefficient (Wildman–Crippen LogP) is 3.57. The van der Waals surface area contributed by atoms with E-state index in [0.717, 1.165) is 31.2 Å². The van der Waals surface area contributed by atoms with Crippen molar-refractivity contribution < 1.29 is 9.59 Å². The number of amides is 2. The molecule has 2 N–H and O–H groups in total. The number of nitrogens with two attached hydrogens (primary N) is 1. The molecule has 1 aliphatic carbocycles. The predicted molar refractivity (Wildman–Crippen MR) is 95.0 cm³/mol. The van der Waals surface area contributed by atoms with Crippen LogP contribution in [0.5, 0.6) is 0 Å². The van der Waals surface area contributed by atoms with Crippen LogP contribution in [0, 0.1) is 5.92 Å². The van der Waals surface area contributed by atoms with Crippen molar-refractivity contribution in [2.45, 2.75) is 57.0 Å². The van der Waals surface area contributed by atoms with E-state index in [1.165, 1.54) is 6.42 Å². The highest BCUT2D eigenvalue weighted by atomic mass is 35.5. The van der Waals surface area contributed by atoms with Crippen LogP contribution in [0.4, 0.5) is 0 Å². The van der Waals surface area contributed by atoms with Crippen LogP contribution in [0.15, 0.2) is 18.2 Å². The molecule has 1 aromatic rings. The Morgan fingerprint density at radius 1 is 1.17 bits per heavy atom. The largest absolute Gasteiger partial charge is 0.368 e. The molecule has 1 heterocycles. The fourth-order valence-corrected chi connectivity index (χ4v) is 4.47. The second-order valence-electron chi connectivity index (χ2n) is 6.82. The fourth-order valence-electron chi connectivity index (χ4n) is 4.15. The maximum atomic E-state index is 12.8. The standard InChI is InChI=1S/C18H22Cl2N2O2/c19-13-7-5-11(9-14(13)20)6-8-17(23)22-15-4-2-1-3-12(15)10-16(22)18(21)24/h5,7,9,12,15-16H,1-4,6,8,10H2,(H2,21,24)/t12-,15-,16-/m0/s1. The third-order valence-electron chi connectivity index (χ3n) is 5.32. The molecular formula is C18H22Cl2N2O2. The Balaban J connectivity index is 1.69. The monoisotopic (exact) mass is 368 g/mol. The van der Waals surface area contributed by atoms with Crippen LogP contribution < -0.4 is 5.73 Å². The van der Waals surface area contributed by atoms with Crippen molar-refractivity contribution in [2.75, 3.05) is 0 Å². The van der Waals surface area contributed by atoms with Gasteiger partial charge in [-0.3, -0.25) is 9.59 Å². The summed E-state index contributed by atoms with van der Waals surface area (Å²) in [5, 5.41) is 0.996. The van der Waals surface area contributed by atoms with Gasteiger partial charge in [-0.05, 0) is 49.3 Å². The average molecular weight is 369 g/mol. The third kappa shape index (κ3) is 3.55. The average Bonchev–Trinajstić information content (AvgIpc) is 2.95. The van der Waals surface area contributed by atoms with Gasteiger partial charge >= 0.3 is 0 Å². The van der Waals surface area contributed by atoms with E-state index >= 15 is 0 Å². The second-order valence-corrected chi connectivity index (χ2v) is 7.63. The summed E-state index contributed by atoms with van der Waals surface area (Å²) in [4.78, 5) is 26.4. The zero-order valence-electron chi connectivity index (χ0n) is 13.5. The van der Waals surface area contributed by atoms with E-state index in [0.29, 0.717) is 28.8 Å². The van der Waals surface area contributed by atoms with E-state index in [2.05, 4.69) is 0 Å². The van der Waals surface area contributed by atoms with E-state index in [4.69, 9.17) is 28.9 Å². The Morgan fingerprint density at radius 2 is 1.92 bits per heavy atom. The summed E-state index contributed by atoms with van der Waals surface area (Å²) in [5.41, 5.74) is 6.52. The minimum atomic E-state index is -0.445. The minimum absolute atomic E-state index is 0.0132. The van der Waals surface area contributed by atoms with Gasteiger partial charge in [-0.2, -0.15) is 0 Å². The Kier molecular flexibility index (Phi) is 5.36. The lowest BCUT2D eigenvalue weighted by molar-refractivity contribution is -0.139. The van der Waals surface area contributed by atoms with E-state index in [1.54, 1.807) is 17.0 Å². The van der Waals surface area contributed by atoms with Crippen LogP contribution in [0.25, 0.3) is 0 Å². The number of hydrogen-bond donors (Lipinski definition) is 1. The third-order valence-corrected chi connectivity index (χ3v) is 6.06. The molecule has 0 unspecified atom stereocenters. The van der Waals surface area contributed by atoms with Gasteiger partial charge in [0, 0.05) is 12.5 Å². The molecule has 1 aromatic carbocycles. The SMILES string of the molecule is NC(=O)[C@@H]1C[C@@H]2CCCC[C@@H]2N1C(=O)CCc1ccc(Cl)c(Cl)c1. The molecule has 0 bridgehead atoms. The van der Waals surface area contributed by atoms with Gasteiger partial charge in [0.25, 0.3) is 0 Å². The molecule has 2 aliphatic rings. The van der Waals surface area contributed by atoms with Gasteiger partial charge in [-0.1, -0.05) is 42.1 Å². The minimum Gasteiger partial charge on any atom is -0.368 e. The number of aryl methyl sites for hydroxylation is 1. The second kappa shape index (κ2) is 7.32. The molecule has 0 aromatic heterocycles. The number of hydrogen-bond acceptors (Lipinski definition) is 2. The first kappa shape index (κ1) is 17.6. The first-order valence-corrected chi connectivity index (χ1v) is 9.27. The summed E-state index contributed by atoms with van der Waals surface area (Å²) in [5.74, 6) is 0.0525.